The van der Waals surface area contributed by atoms with Gasteiger partial charge in [0, 0.05) is 38.2 Å². The summed E-state index contributed by atoms with van der Waals surface area (Å²) in [4.78, 5) is 15.1. The smallest absolute Gasteiger partial charge is 0.164 e. The third kappa shape index (κ3) is 4.84. The number of aromatic nitrogens is 3. The molecule has 7 aromatic carbocycles. The minimum Gasteiger partial charge on any atom is -0.456 e. The van der Waals surface area contributed by atoms with E-state index in [9.17, 15) is 5.26 Å². The Hall–Kier alpha value is -7.36. The molecule has 0 fully saturated rings. The van der Waals surface area contributed by atoms with Gasteiger partial charge in [0.1, 0.15) is 22.8 Å². The first-order chi connectivity index (χ1) is 25.7. The molecule has 0 radical (unpaired) electrons. The van der Waals surface area contributed by atoms with Crippen LogP contribution < -0.4 is 0 Å². The number of rotatable bonds is 5. The van der Waals surface area contributed by atoms with Gasteiger partial charge in [0.25, 0.3) is 0 Å². The fourth-order valence-electron chi connectivity index (χ4n) is 7.17. The molecule has 242 valence electrons. The molecule has 0 bridgehead atoms. The molecule has 0 aliphatic heterocycles. The molecule has 0 aliphatic rings. The van der Waals surface area contributed by atoms with E-state index in [1.807, 2.05) is 84.9 Å². The van der Waals surface area contributed by atoms with E-state index in [0.29, 0.717) is 34.2 Å². The summed E-state index contributed by atoms with van der Waals surface area (Å²) >= 11 is 0. The number of furan rings is 2. The van der Waals surface area contributed by atoms with Gasteiger partial charge in [0.15, 0.2) is 23.1 Å². The topological polar surface area (TPSA) is 88.7 Å². The average Bonchev–Trinajstić information content (AvgIpc) is 3.80. The molecule has 0 unspecified atom stereocenters. The van der Waals surface area contributed by atoms with Crippen molar-refractivity contribution in [2.45, 2.75) is 0 Å². The van der Waals surface area contributed by atoms with Crippen LogP contribution in [0, 0.1) is 11.3 Å². The Morgan fingerprint density at radius 1 is 0.404 bits per heavy atom. The largest absolute Gasteiger partial charge is 0.456 e. The van der Waals surface area contributed by atoms with Gasteiger partial charge in [-0.1, -0.05) is 121 Å². The van der Waals surface area contributed by atoms with Crippen LogP contribution in [0.1, 0.15) is 5.56 Å². The molecular formula is C46H26N4O2. The predicted molar refractivity (Wildman–Crippen MR) is 206 cm³/mol. The summed E-state index contributed by atoms with van der Waals surface area (Å²) in [6.07, 6.45) is 0. The molecule has 0 aliphatic carbocycles. The Balaban J connectivity index is 1.14. The molecule has 10 rings (SSSR count). The molecule has 0 atom stereocenters. The maximum Gasteiger partial charge on any atom is 0.164 e. The molecule has 0 spiro atoms. The van der Waals surface area contributed by atoms with Crippen LogP contribution in [0.25, 0.3) is 100 Å². The highest BCUT2D eigenvalue weighted by molar-refractivity contribution is 6.14. The van der Waals surface area contributed by atoms with E-state index in [4.69, 9.17) is 23.8 Å². The number of hydrogen-bond donors (Lipinski definition) is 0. The van der Waals surface area contributed by atoms with Crippen LogP contribution in [-0.4, -0.2) is 15.0 Å². The molecule has 52 heavy (non-hydrogen) atoms. The van der Waals surface area contributed by atoms with Crippen molar-refractivity contribution in [3.8, 4) is 62.5 Å². The third-order valence-corrected chi connectivity index (χ3v) is 9.59. The highest BCUT2D eigenvalue weighted by Crippen LogP contribution is 2.40. The fourth-order valence-corrected chi connectivity index (χ4v) is 7.17. The molecular weight excluding hydrogens is 641 g/mol. The number of nitrogens with zero attached hydrogens (tertiary/aromatic N) is 4. The Kier molecular flexibility index (Phi) is 6.76. The second-order valence-corrected chi connectivity index (χ2v) is 12.7. The number of fused-ring (bicyclic) bond motifs is 6. The van der Waals surface area contributed by atoms with Crippen LogP contribution in [-0.2, 0) is 0 Å². The molecule has 0 saturated carbocycles. The normalized spacial score (nSPS) is 11.4. The van der Waals surface area contributed by atoms with Crippen LogP contribution in [0.4, 0.5) is 0 Å². The van der Waals surface area contributed by atoms with E-state index in [-0.39, 0.29) is 0 Å². The zero-order valence-corrected chi connectivity index (χ0v) is 27.6. The minimum atomic E-state index is 0.479. The number of para-hydroxylation sites is 1. The second kappa shape index (κ2) is 11.9. The summed E-state index contributed by atoms with van der Waals surface area (Å²) in [7, 11) is 0. The molecule has 0 saturated heterocycles. The van der Waals surface area contributed by atoms with Gasteiger partial charge >= 0.3 is 0 Å². The first-order valence-electron chi connectivity index (χ1n) is 17.0. The SMILES string of the molecule is N#Cc1cccc2c1oc1cccc(-c3nc(-c4ccccc4)nc(-c4ccc5c(c4)oc4cccc(-c6cccc(-c7ccccc7)c6)c45)n3)c12. The maximum absolute atomic E-state index is 9.77. The average molecular weight is 667 g/mol. The van der Waals surface area contributed by atoms with Gasteiger partial charge < -0.3 is 8.83 Å². The van der Waals surface area contributed by atoms with Gasteiger partial charge in [0.2, 0.25) is 0 Å². The summed E-state index contributed by atoms with van der Waals surface area (Å²) in [6.45, 7) is 0. The van der Waals surface area contributed by atoms with Gasteiger partial charge in [-0.3, -0.25) is 0 Å². The third-order valence-electron chi connectivity index (χ3n) is 9.59. The number of nitriles is 1. The van der Waals surface area contributed by atoms with E-state index >= 15 is 0 Å². The van der Waals surface area contributed by atoms with E-state index in [1.165, 1.54) is 5.56 Å². The van der Waals surface area contributed by atoms with Crippen LogP contribution >= 0.6 is 0 Å². The Morgan fingerprint density at radius 3 is 1.81 bits per heavy atom. The zero-order chi connectivity index (χ0) is 34.6. The van der Waals surface area contributed by atoms with Crippen molar-refractivity contribution in [3.05, 3.63) is 163 Å². The first-order valence-corrected chi connectivity index (χ1v) is 17.0. The van der Waals surface area contributed by atoms with E-state index in [1.54, 1.807) is 6.07 Å². The van der Waals surface area contributed by atoms with E-state index in [0.717, 1.165) is 66.1 Å². The van der Waals surface area contributed by atoms with Crippen molar-refractivity contribution in [3.63, 3.8) is 0 Å². The van der Waals surface area contributed by atoms with Crippen LogP contribution in [0.3, 0.4) is 0 Å². The van der Waals surface area contributed by atoms with E-state index < -0.39 is 0 Å². The summed E-state index contributed by atoms with van der Waals surface area (Å²) < 4.78 is 12.7. The highest BCUT2D eigenvalue weighted by Gasteiger charge is 2.20. The summed E-state index contributed by atoms with van der Waals surface area (Å²) in [6, 6.07) is 55.0. The lowest BCUT2D eigenvalue weighted by Crippen LogP contribution is -2.00. The van der Waals surface area contributed by atoms with Crippen LogP contribution in [0.2, 0.25) is 0 Å². The molecule has 6 heteroatoms. The molecule has 10 aromatic rings. The lowest BCUT2D eigenvalue weighted by Gasteiger charge is -2.09. The lowest BCUT2D eigenvalue weighted by molar-refractivity contribution is 0.667. The molecule has 6 nitrogen and oxygen atoms in total. The summed E-state index contributed by atoms with van der Waals surface area (Å²) in [5, 5.41) is 13.5. The fraction of sp³-hybridized carbons (Fsp3) is 0. The van der Waals surface area contributed by atoms with Crippen molar-refractivity contribution in [2.75, 3.05) is 0 Å². The van der Waals surface area contributed by atoms with Gasteiger partial charge in [-0.2, -0.15) is 5.26 Å². The Morgan fingerprint density at radius 2 is 1.02 bits per heavy atom. The number of hydrogen-bond acceptors (Lipinski definition) is 6. The van der Waals surface area contributed by atoms with Crippen LogP contribution in [0.5, 0.6) is 0 Å². The summed E-state index contributed by atoms with van der Waals surface area (Å²) in [5.41, 5.74) is 10.3. The zero-order valence-electron chi connectivity index (χ0n) is 27.6. The Labute approximate surface area is 297 Å². The minimum absolute atomic E-state index is 0.479. The van der Waals surface area contributed by atoms with Gasteiger partial charge in [-0.15, -0.1) is 0 Å². The molecule has 3 aromatic heterocycles. The van der Waals surface area contributed by atoms with E-state index in [2.05, 4.69) is 72.8 Å². The van der Waals surface area contributed by atoms with Crippen molar-refractivity contribution >= 4 is 43.9 Å². The standard InChI is InChI=1S/C46H26N4O2/c47-27-33-17-8-19-36-42-37(20-10-22-39(42)52-43(33)36)46-49-44(29-13-5-2-6-14-29)48-45(50-46)32-23-24-35-40(26-32)51-38-21-9-18-34(41(35)38)31-16-7-15-30(25-31)28-11-3-1-4-12-28/h1-26H. The number of benzene rings is 7. The van der Waals surface area contributed by atoms with Crippen LogP contribution in [0.15, 0.2) is 167 Å². The first kappa shape index (κ1) is 29.5. The molecule has 0 amide bonds. The molecule has 0 N–H and O–H groups in total. The quantitative estimate of drug-likeness (QED) is 0.182. The van der Waals surface area contributed by atoms with Gasteiger partial charge in [0.05, 0.1) is 5.56 Å². The van der Waals surface area contributed by atoms with Crippen molar-refractivity contribution in [1.29, 1.82) is 5.26 Å². The second-order valence-electron chi connectivity index (χ2n) is 12.7. The van der Waals surface area contributed by atoms with Crippen molar-refractivity contribution in [1.82, 2.24) is 15.0 Å². The van der Waals surface area contributed by atoms with Crippen molar-refractivity contribution < 1.29 is 8.83 Å². The van der Waals surface area contributed by atoms with Crippen molar-refractivity contribution in [2.24, 2.45) is 0 Å². The predicted octanol–water partition coefficient (Wildman–Crippen LogP) is 11.9. The Bertz CT molecular complexity index is 3030. The monoisotopic (exact) mass is 666 g/mol. The lowest BCUT2D eigenvalue weighted by atomic mass is 9.96. The van der Waals surface area contributed by atoms with Gasteiger partial charge in [-0.25, -0.2) is 15.0 Å². The summed E-state index contributed by atoms with van der Waals surface area (Å²) in [5.74, 6) is 1.57. The molecule has 3 heterocycles. The maximum atomic E-state index is 9.77. The van der Waals surface area contributed by atoms with Gasteiger partial charge in [-0.05, 0) is 58.7 Å². The highest BCUT2D eigenvalue weighted by atomic mass is 16.3.